The maximum absolute atomic E-state index is 15.1. The normalized spacial score (nSPS) is 14.8. The molecule has 0 saturated carbocycles. The number of aromatic amines is 1. The second-order valence-electron chi connectivity index (χ2n) is 31.9. The van der Waals surface area contributed by atoms with Crippen LogP contribution in [0.1, 0.15) is 213 Å². The molecule has 0 saturated heterocycles. The molecule has 27 nitrogen and oxygen atoms in total. The van der Waals surface area contributed by atoms with Crippen LogP contribution in [-0.2, 0) is 46.1 Å². The van der Waals surface area contributed by atoms with E-state index in [2.05, 4.69) is 133 Å². The van der Waals surface area contributed by atoms with E-state index in [1.54, 1.807) is 98.2 Å². The van der Waals surface area contributed by atoms with Crippen LogP contribution in [0.5, 0.6) is 17.2 Å². The van der Waals surface area contributed by atoms with Gasteiger partial charge in [0.15, 0.2) is 35.3 Å². The Morgan fingerprint density at radius 1 is 0.635 bits per heavy atom. The van der Waals surface area contributed by atoms with Crippen LogP contribution in [0.4, 0.5) is 27.5 Å². The summed E-state index contributed by atoms with van der Waals surface area (Å²) < 4.78 is 46.7. The number of hydrogen-bond acceptors (Lipinski definition) is 20. The van der Waals surface area contributed by atoms with Crippen molar-refractivity contribution >= 4 is 85.6 Å². The van der Waals surface area contributed by atoms with Gasteiger partial charge in [0.25, 0.3) is 23.2 Å². The van der Waals surface area contributed by atoms with Crippen LogP contribution in [-0.4, -0.2) is 128 Å². The number of likely N-dealkylation sites (N-methyl/N-ethyl adjacent to an activating group) is 1. The summed E-state index contributed by atoms with van der Waals surface area (Å²) in [5, 5.41) is 47.5. The fourth-order valence-corrected chi connectivity index (χ4v) is 15.8. The quantitative estimate of drug-likeness (QED) is 0.0163. The SMILES string of the molecule is CCC(C)(C)c1ccc(OC(C)C(=O)NCC(C)c2nc3c(Sc4ccccc4[N+](=O)[O-])c(C)[nH]n3n2)c(C(C)(C)CC)c1.CCN(CCNS(C)(=O)=O)c1ccc(N(C(=O)Oc2ccccc2)C2(Sc3ccccc3[N+](=O)[O-])C(C)=Nn3nc(C(C)CNC(=O)C(C)Oc4ccc(C(C)(C)CC)cc4C(C)(C)CC)nc32)c(C)c1. The van der Waals surface area contributed by atoms with Gasteiger partial charge in [-0.15, -0.1) is 15.0 Å². The van der Waals surface area contributed by atoms with Crippen molar-refractivity contribution in [3.8, 4) is 17.2 Å². The molecule has 0 spiro atoms. The number of nitro benzene ring substituents is 2. The number of sulfonamides is 1. The molecule has 30 heteroatoms. The van der Waals surface area contributed by atoms with Gasteiger partial charge in [-0.3, -0.25) is 34.9 Å². The summed E-state index contributed by atoms with van der Waals surface area (Å²) in [6.45, 7) is 42.5. The number of nitrogens with one attached hydrogen (secondary N) is 4. The Morgan fingerprint density at radius 2 is 1.13 bits per heavy atom. The third-order valence-corrected chi connectivity index (χ3v) is 25.5. The van der Waals surface area contributed by atoms with Gasteiger partial charge in [-0.2, -0.15) is 9.73 Å². The van der Waals surface area contributed by atoms with Crippen molar-refractivity contribution < 1.29 is 46.9 Å². The number of benzene rings is 6. The third-order valence-electron chi connectivity index (χ3n) is 21.9. The highest BCUT2D eigenvalue weighted by Crippen LogP contribution is 2.53. The first-order chi connectivity index (χ1) is 54.1. The minimum Gasteiger partial charge on any atom is -0.481 e. The van der Waals surface area contributed by atoms with E-state index in [-0.39, 0.29) is 85.2 Å². The summed E-state index contributed by atoms with van der Waals surface area (Å²) in [6, 6.07) is 39.5. The van der Waals surface area contributed by atoms with Gasteiger partial charge in [-0.25, -0.2) is 32.8 Å². The second-order valence-corrected chi connectivity index (χ2v) is 36.0. The predicted molar refractivity (Wildman–Crippen MR) is 454 cm³/mol. The summed E-state index contributed by atoms with van der Waals surface area (Å²) in [6.07, 6.45) is 2.52. The molecule has 4 N–H and O–H groups in total. The minimum atomic E-state index is -3.42. The van der Waals surface area contributed by atoms with Crippen LogP contribution in [0.15, 0.2) is 153 Å². The first-order valence-electron chi connectivity index (χ1n) is 39.0. The largest absolute Gasteiger partial charge is 0.481 e. The predicted octanol–water partition coefficient (Wildman–Crippen LogP) is 17.3. The zero-order valence-corrected chi connectivity index (χ0v) is 72.4. The molecule has 6 aromatic carbocycles. The number of para-hydroxylation sites is 3. The highest BCUT2D eigenvalue weighted by Gasteiger charge is 2.56. The van der Waals surface area contributed by atoms with E-state index >= 15 is 4.79 Å². The van der Waals surface area contributed by atoms with Crippen molar-refractivity contribution in [2.24, 2.45) is 5.10 Å². The van der Waals surface area contributed by atoms with Gasteiger partial charge in [-0.1, -0.05) is 187 Å². The number of aromatic nitrogens is 7. The molecule has 5 unspecified atom stereocenters. The number of aryl methyl sites for hydroxylation is 2. The summed E-state index contributed by atoms with van der Waals surface area (Å²) in [7, 11) is -3.42. The third kappa shape index (κ3) is 20.6. The smallest absolute Gasteiger partial charge is 0.421 e. The van der Waals surface area contributed by atoms with E-state index in [4.69, 9.17) is 34.4 Å². The zero-order chi connectivity index (χ0) is 84.4. The summed E-state index contributed by atoms with van der Waals surface area (Å²) in [4.78, 5) is 79.6. The number of nitrogens with zero attached hydrogens (tertiary/aromatic N) is 11. The zero-order valence-electron chi connectivity index (χ0n) is 69.9. The van der Waals surface area contributed by atoms with Crippen molar-refractivity contribution in [1.82, 2.24) is 50.0 Å². The van der Waals surface area contributed by atoms with E-state index < -0.39 is 44.0 Å². The van der Waals surface area contributed by atoms with Crippen molar-refractivity contribution in [3.63, 3.8) is 0 Å². The topological polar surface area (TPSA) is 331 Å². The maximum atomic E-state index is 15.1. The molecule has 115 heavy (non-hydrogen) atoms. The first-order valence-corrected chi connectivity index (χ1v) is 42.5. The average molecular weight is 1630 g/mol. The highest BCUT2D eigenvalue weighted by molar-refractivity contribution is 8.01. The lowest BCUT2D eigenvalue weighted by Gasteiger charge is -2.39. The van der Waals surface area contributed by atoms with E-state index in [0.717, 1.165) is 76.9 Å². The lowest BCUT2D eigenvalue weighted by molar-refractivity contribution is -0.387. The first kappa shape index (κ1) is 88.8. The molecule has 0 aliphatic carbocycles. The number of anilines is 2. The van der Waals surface area contributed by atoms with E-state index in [1.807, 2.05) is 63.8 Å². The molecule has 10 rings (SSSR count). The number of carbonyl (C=O) groups excluding carboxylic acids is 3. The molecule has 5 atom stereocenters. The van der Waals surface area contributed by atoms with E-state index in [9.17, 15) is 38.2 Å². The van der Waals surface area contributed by atoms with Crippen molar-refractivity contribution in [3.05, 3.63) is 205 Å². The van der Waals surface area contributed by atoms with Crippen LogP contribution < -0.4 is 39.4 Å². The molecule has 1 aliphatic rings. The van der Waals surface area contributed by atoms with Gasteiger partial charge < -0.3 is 29.7 Å². The lowest BCUT2D eigenvalue weighted by atomic mass is 9.76. The van der Waals surface area contributed by atoms with Crippen molar-refractivity contribution in [2.75, 3.05) is 48.8 Å². The summed E-state index contributed by atoms with van der Waals surface area (Å²) in [5.41, 5.74) is 7.60. The molecule has 1 aliphatic heterocycles. The molecule has 616 valence electrons. The number of carbonyl (C=O) groups is 3. The molecular formula is C85H111N15O12S3. The number of nitro groups is 2. The molecule has 4 heterocycles. The van der Waals surface area contributed by atoms with Gasteiger partial charge in [0.2, 0.25) is 14.9 Å². The van der Waals surface area contributed by atoms with Crippen LogP contribution in [0.25, 0.3) is 5.65 Å². The molecule has 0 fully saturated rings. The molecule has 3 aromatic heterocycles. The number of ether oxygens (including phenoxy) is 3. The Kier molecular flexibility index (Phi) is 28.4. The second kappa shape index (κ2) is 36.8. The lowest BCUT2D eigenvalue weighted by Crippen LogP contribution is -2.53. The van der Waals surface area contributed by atoms with Gasteiger partial charge in [0.05, 0.1) is 42.2 Å². The van der Waals surface area contributed by atoms with E-state index in [0.29, 0.717) is 64.5 Å². The molecular weight excluding hydrogens is 1520 g/mol. The average Bonchev–Trinajstić information content (AvgIpc) is 1.55. The van der Waals surface area contributed by atoms with Crippen molar-refractivity contribution in [1.29, 1.82) is 0 Å². The molecule has 0 radical (unpaired) electrons. The fourth-order valence-electron chi connectivity index (χ4n) is 12.9. The monoisotopic (exact) mass is 1630 g/mol. The van der Waals surface area contributed by atoms with Crippen LogP contribution in [0.3, 0.4) is 0 Å². The van der Waals surface area contributed by atoms with Gasteiger partial charge >= 0.3 is 6.09 Å². The van der Waals surface area contributed by atoms with Gasteiger partial charge in [0.1, 0.15) is 17.2 Å². The number of H-pyrrole nitrogens is 1. The number of amides is 3. The van der Waals surface area contributed by atoms with Gasteiger partial charge in [-0.05, 0) is 160 Å². The van der Waals surface area contributed by atoms with Gasteiger partial charge in [0, 0.05) is 79.2 Å². The number of hydrogen-bond donors (Lipinski definition) is 4. The molecule has 0 bridgehead atoms. The Labute approximate surface area is 683 Å². The fraction of sp³-hybridized carbons (Fsp3) is 0.459. The summed E-state index contributed by atoms with van der Waals surface area (Å²) in [5.74, 6) is 1.42. The Hall–Kier alpha value is -10.2. The minimum absolute atomic E-state index is 0.0338. The Bertz CT molecular complexity index is 5150. The number of rotatable bonds is 35. The Balaban J connectivity index is 0.000000294. The van der Waals surface area contributed by atoms with E-state index in [1.165, 1.54) is 44.7 Å². The standard InChI is InChI=1S/C52H67N9O8S2.C33H44N6O4S/c1-13-50(8,9)38-25-28-44(41(32-38)51(10,11)14-2)68-36(6)47(62)53-33-35(5)46-55-48-52(37(7)56-60(48)57-46,70-45-24-20-19-23-43(45)61(64)65)59(49(63)69-40-21-17-16-18-22-40)42-27-26-39(31-34(42)4)58(15-3)30-29-54-71(12,66)67;1-10-32(6,7)23-16-17-26(24(18-23)33(8,9)11-2)43-22(5)31(40)34-19-20(3)29-35-30-28(21(4)36-38(30)37-29)44-27-15-13-12-14-25(27)39(41)42/h16-28,31-32,35-36,54H,13-15,29-30,33H2,1-12H3,(H,53,62);12-18,20,22,36H,10-11,19H2,1-9H3,(H,34,40). The molecule has 3 amide bonds. The number of thioether (sulfide) groups is 1. The van der Waals surface area contributed by atoms with Crippen molar-refractivity contribution in [2.45, 2.75) is 229 Å². The highest BCUT2D eigenvalue weighted by atomic mass is 32.2. The Morgan fingerprint density at radius 3 is 1.63 bits per heavy atom. The summed E-state index contributed by atoms with van der Waals surface area (Å²) >= 11 is 2.28. The van der Waals surface area contributed by atoms with Crippen LogP contribution in [0, 0.1) is 34.1 Å². The number of fused-ring (bicyclic) bond motifs is 2. The maximum Gasteiger partial charge on any atom is 0.421 e. The van der Waals surface area contributed by atoms with Crippen LogP contribution >= 0.6 is 23.5 Å². The molecule has 9 aromatic rings. The van der Waals surface area contributed by atoms with Crippen LogP contribution in [0.2, 0.25) is 0 Å².